The van der Waals surface area contributed by atoms with Crippen LogP contribution in [0.25, 0.3) is 0 Å². The highest BCUT2D eigenvalue weighted by molar-refractivity contribution is 8.12. The highest BCUT2D eigenvalue weighted by Crippen LogP contribution is 1.98. The van der Waals surface area contributed by atoms with Crippen LogP contribution in [-0.4, -0.2) is 11.6 Å². The Bertz CT molecular complexity index is 35.3. The lowest BCUT2D eigenvalue weighted by Gasteiger charge is -1.75. The van der Waals surface area contributed by atoms with Crippen LogP contribution in [0, 0.1) is 0 Å². The van der Waals surface area contributed by atoms with Crippen LogP contribution in [0.3, 0.4) is 0 Å². The van der Waals surface area contributed by atoms with E-state index in [-0.39, 0.29) is 0 Å². The molecule has 0 radical (unpaired) electrons. The summed E-state index contributed by atoms with van der Waals surface area (Å²) in [6.45, 7) is 0. The SMILES string of the molecule is C1=[O+]CS1. The van der Waals surface area contributed by atoms with E-state index in [0.717, 1.165) is 5.94 Å². The Hall–Kier alpha value is 0.0200. The van der Waals surface area contributed by atoms with Gasteiger partial charge in [-0.05, 0) is 0 Å². The van der Waals surface area contributed by atoms with Crippen molar-refractivity contribution in [2.75, 3.05) is 5.94 Å². The molecule has 0 aromatic carbocycles. The first-order valence-corrected chi connectivity index (χ1v) is 2.10. The van der Waals surface area contributed by atoms with Gasteiger partial charge in [0.1, 0.15) is 0 Å². The molecule has 1 heterocycles. The smallest absolute Gasteiger partial charge is 0.242 e. The van der Waals surface area contributed by atoms with E-state index >= 15 is 0 Å². The van der Waals surface area contributed by atoms with Crippen molar-refractivity contribution in [3.05, 3.63) is 0 Å². The maximum absolute atomic E-state index is 4.56. The van der Waals surface area contributed by atoms with Gasteiger partial charge in [0.15, 0.2) is 0 Å². The predicted molar refractivity (Wildman–Crippen MR) is 19.2 cm³/mol. The molecule has 0 fully saturated rings. The molecule has 2 heteroatoms. The van der Waals surface area contributed by atoms with Gasteiger partial charge in [0, 0.05) is 0 Å². The van der Waals surface area contributed by atoms with Crippen LogP contribution in [0.1, 0.15) is 0 Å². The summed E-state index contributed by atoms with van der Waals surface area (Å²) in [5, 5.41) is 0. The van der Waals surface area contributed by atoms with E-state index in [2.05, 4.69) is 4.42 Å². The summed E-state index contributed by atoms with van der Waals surface area (Å²) in [6.07, 6.45) is 0. The molecule has 0 unspecified atom stereocenters. The van der Waals surface area contributed by atoms with Crippen LogP contribution >= 0.6 is 11.8 Å². The third-order valence-electron chi connectivity index (χ3n) is 0.272. The number of carbonyl (C=O) groups excluding carboxylic acids is 1. The average molecular weight is 75.1 g/mol. The van der Waals surface area contributed by atoms with Gasteiger partial charge in [0.2, 0.25) is 0 Å². The summed E-state index contributed by atoms with van der Waals surface area (Å²) >= 11 is 1.69. The second kappa shape index (κ2) is 0.763. The Morgan fingerprint density at radius 1 is 2.00 bits per heavy atom. The Kier molecular flexibility index (Phi) is 0.432. The summed E-state index contributed by atoms with van der Waals surface area (Å²) < 4.78 is 4.56. The topological polar surface area (TPSA) is 11.3 Å². The van der Waals surface area contributed by atoms with Crippen LogP contribution in [0.5, 0.6) is 0 Å². The Balaban J connectivity index is 2.47. The molecule has 0 saturated heterocycles. The quantitative estimate of drug-likeness (QED) is 0.300. The van der Waals surface area contributed by atoms with Crippen molar-refractivity contribution in [3.8, 4) is 0 Å². The van der Waals surface area contributed by atoms with Crippen molar-refractivity contribution >= 4 is 17.4 Å². The fourth-order valence-corrected chi connectivity index (χ4v) is 0.204. The van der Waals surface area contributed by atoms with Gasteiger partial charge < -0.3 is 0 Å². The summed E-state index contributed by atoms with van der Waals surface area (Å²) in [5.74, 6) is 0.861. The average Bonchev–Trinajstić information content (AvgIpc) is 0.722. The Labute approximate surface area is 28.7 Å². The molecule has 0 saturated carbocycles. The first-order valence-electron chi connectivity index (χ1n) is 1.05. The first-order chi connectivity index (χ1) is 2.00. The fraction of sp³-hybridized carbons (Fsp3) is 0.500. The van der Waals surface area contributed by atoms with E-state index in [1.54, 1.807) is 17.4 Å². The maximum atomic E-state index is 4.56. The highest BCUT2D eigenvalue weighted by atomic mass is 32.2. The van der Waals surface area contributed by atoms with Gasteiger partial charge in [0.25, 0.3) is 0 Å². The molecule has 0 amide bonds. The minimum atomic E-state index is 0.861. The summed E-state index contributed by atoms with van der Waals surface area (Å²) in [6, 6.07) is 0. The molecule has 0 bridgehead atoms. The molecule has 0 aromatic rings. The first kappa shape index (κ1) is 2.27. The molecule has 0 atom stereocenters. The van der Waals surface area contributed by atoms with Crippen LogP contribution in [-0.2, 0) is 4.42 Å². The maximum Gasteiger partial charge on any atom is 0.352 e. The van der Waals surface area contributed by atoms with Crippen LogP contribution < -0.4 is 0 Å². The molecule has 0 aromatic heterocycles. The van der Waals surface area contributed by atoms with E-state index < -0.39 is 0 Å². The number of thioether (sulfide) groups is 1. The molecule has 1 rings (SSSR count). The van der Waals surface area contributed by atoms with Gasteiger partial charge in [0.05, 0.1) is 11.8 Å². The van der Waals surface area contributed by atoms with Crippen molar-refractivity contribution in [2.24, 2.45) is 0 Å². The van der Waals surface area contributed by atoms with E-state index in [4.69, 9.17) is 0 Å². The molecule has 4 heavy (non-hydrogen) atoms. The third kappa shape index (κ3) is 0.130. The lowest BCUT2D eigenvalue weighted by molar-refractivity contribution is 0.157. The van der Waals surface area contributed by atoms with Crippen molar-refractivity contribution in [2.45, 2.75) is 0 Å². The summed E-state index contributed by atoms with van der Waals surface area (Å²) in [5.41, 5.74) is 1.72. The third-order valence-corrected chi connectivity index (χ3v) is 0.816. The zero-order chi connectivity index (χ0) is 2.83. The Morgan fingerprint density at radius 2 is 2.25 bits per heavy atom. The van der Waals surface area contributed by atoms with Gasteiger partial charge in [-0.15, -0.1) is 0 Å². The molecule has 0 spiro atoms. The highest BCUT2D eigenvalue weighted by Gasteiger charge is 2.02. The van der Waals surface area contributed by atoms with E-state index in [1.165, 1.54) is 0 Å². The van der Waals surface area contributed by atoms with Gasteiger partial charge in [-0.25, -0.2) is 4.42 Å². The van der Waals surface area contributed by atoms with Crippen molar-refractivity contribution in [1.29, 1.82) is 0 Å². The number of hydrogen-bond donors (Lipinski definition) is 0. The summed E-state index contributed by atoms with van der Waals surface area (Å²) in [4.78, 5) is 0. The normalized spacial score (nSPS) is 20.0. The Morgan fingerprint density at radius 3 is 2.25 bits per heavy atom. The van der Waals surface area contributed by atoms with Gasteiger partial charge in [-0.3, -0.25) is 0 Å². The number of hydrogen-bond acceptors (Lipinski definition) is 1. The molecule has 0 aliphatic carbocycles. The predicted octanol–water partition coefficient (Wildman–Crippen LogP) is 0.417. The van der Waals surface area contributed by atoms with Crippen LogP contribution in [0.2, 0.25) is 0 Å². The monoisotopic (exact) mass is 75.0 g/mol. The zero-order valence-electron chi connectivity index (χ0n) is 2.10. The second-order valence-electron chi connectivity index (χ2n) is 0.547. The molecule has 1 aliphatic rings. The second-order valence-corrected chi connectivity index (χ2v) is 1.31. The molecular weight excluding hydrogens is 72.1 g/mol. The van der Waals surface area contributed by atoms with Gasteiger partial charge in [-0.2, -0.15) is 0 Å². The minimum absolute atomic E-state index is 0.861. The van der Waals surface area contributed by atoms with Crippen LogP contribution in [0.4, 0.5) is 0 Å². The van der Waals surface area contributed by atoms with E-state index in [1.807, 2.05) is 0 Å². The van der Waals surface area contributed by atoms with Crippen molar-refractivity contribution < 1.29 is 4.42 Å². The van der Waals surface area contributed by atoms with Crippen molar-refractivity contribution in [3.63, 3.8) is 0 Å². The lowest BCUT2D eigenvalue weighted by Crippen LogP contribution is -1.87. The van der Waals surface area contributed by atoms with E-state index in [0.29, 0.717) is 0 Å². The minimum Gasteiger partial charge on any atom is -0.242 e. The molecular formula is C2H3OS+. The lowest BCUT2D eigenvalue weighted by atomic mass is 11.6. The molecule has 1 aliphatic heterocycles. The standard InChI is InChI=1S/C2H3OS/c1-3-2-4-1/h1H,2H2/q+1. The summed E-state index contributed by atoms with van der Waals surface area (Å²) in [7, 11) is 0. The molecule has 1 nitrogen and oxygen atoms in total. The van der Waals surface area contributed by atoms with Gasteiger partial charge >= 0.3 is 11.6 Å². The molecule has 22 valence electrons. The number of rotatable bonds is 0. The van der Waals surface area contributed by atoms with Crippen LogP contribution in [0.15, 0.2) is 0 Å². The van der Waals surface area contributed by atoms with E-state index in [9.17, 15) is 0 Å². The fourth-order valence-electron chi connectivity index (χ4n) is 0.0680. The van der Waals surface area contributed by atoms with Crippen molar-refractivity contribution in [1.82, 2.24) is 0 Å². The zero-order valence-corrected chi connectivity index (χ0v) is 2.92. The van der Waals surface area contributed by atoms with Gasteiger partial charge in [-0.1, -0.05) is 0 Å². The largest absolute Gasteiger partial charge is 0.352 e. The molecule has 0 N–H and O–H groups in total.